The molecule has 0 aliphatic carbocycles. The fraction of sp³-hybridized carbons (Fsp3) is 0.231. The van der Waals surface area contributed by atoms with Crippen LogP contribution in [0.2, 0.25) is 0 Å². The standard InChI is InChI=1S/C26H26N4O10/c1-14(31)38-19-12-17(13-20(39-15(2)32)21(19)40-16(3)33)10-11-26(28-24(35)36)22(27)30(18-8-6-5-7-9-18)25(37)29(4)23(26)34/h5-13,22,28H,27H2,1-4H3,(H,35,36). The van der Waals surface area contributed by atoms with Gasteiger partial charge in [0.2, 0.25) is 5.75 Å². The first kappa shape index (κ1) is 29.3. The normalized spacial score (nSPS) is 18.9. The molecule has 3 rings (SSSR count). The van der Waals surface area contributed by atoms with Gasteiger partial charge in [0, 0.05) is 33.5 Å². The molecule has 1 saturated heterocycles. The van der Waals surface area contributed by atoms with Crippen LogP contribution in [0.1, 0.15) is 26.3 Å². The SMILES string of the molecule is CC(=O)Oc1cc(C=CC2(NC(=O)O)C(=O)N(C)C(=O)N(c3ccccc3)C2N)cc(OC(C)=O)c1OC(C)=O. The number of carboxylic acid groups (broad SMARTS) is 1. The molecule has 0 bridgehead atoms. The highest BCUT2D eigenvalue weighted by molar-refractivity contribution is 6.12. The molecule has 1 fully saturated rings. The van der Waals surface area contributed by atoms with E-state index in [9.17, 15) is 33.9 Å². The highest BCUT2D eigenvalue weighted by Gasteiger charge is 2.55. The summed E-state index contributed by atoms with van der Waals surface area (Å²) in [6, 6.07) is 9.72. The Balaban J connectivity index is 2.21. The van der Waals surface area contributed by atoms with Crippen molar-refractivity contribution in [3.8, 4) is 17.2 Å². The monoisotopic (exact) mass is 554 g/mol. The van der Waals surface area contributed by atoms with Crippen molar-refractivity contribution < 1.29 is 48.1 Å². The Labute approximate surface area is 227 Å². The van der Waals surface area contributed by atoms with Crippen LogP contribution in [0.3, 0.4) is 0 Å². The first-order chi connectivity index (χ1) is 18.8. The Morgan fingerprint density at radius 3 is 1.95 bits per heavy atom. The number of para-hydroxylation sites is 1. The van der Waals surface area contributed by atoms with Gasteiger partial charge in [0.25, 0.3) is 5.91 Å². The molecule has 0 saturated carbocycles. The minimum absolute atomic E-state index is 0.112. The predicted octanol–water partition coefficient (Wildman–Crippen LogP) is 1.87. The molecule has 1 heterocycles. The number of urea groups is 1. The Morgan fingerprint density at radius 2 is 1.48 bits per heavy atom. The summed E-state index contributed by atoms with van der Waals surface area (Å²) in [7, 11) is 1.17. The molecule has 14 heteroatoms. The molecule has 2 unspecified atom stereocenters. The van der Waals surface area contributed by atoms with E-state index in [-0.39, 0.29) is 22.8 Å². The zero-order valence-electron chi connectivity index (χ0n) is 21.9. The van der Waals surface area contributed by atoms with Gasteiger partial charge in [0.1, 0.15) is 6.17 Å². The van der Waals surface area contributed by atoms with E-state index >= 15 is 0 Å². The van der Waals surface area contributed by atoms with Crippen molar-refractivity contribution in [2.24, 2.45) is 5.73 Å². The van der Waals surface area contributed by atoms with Crippen LogP contribution in [0.4, 0.5) is 15.3 Å². The van der Waals surface area contributed by atoms with Gasteiger partial charge in [-0.15, -0.1) is 0 Å². The smallest absolute Gasteiger partial charge is 0.405 e. The van der Waals surface area contributed by atoms with Gasteiger partial charge in [-0.05, 0) is 35.9 Å². The van der Waals surface area contributed by atoms with Crippen LogP contribution in [0.15, 0.2) is 48.5 Å². The molecule has 4 amide bonds. The Morgan fingerprint density at radius 1 is 0.950 bits per heavy atom. The molecule has 1 aliphatic heterocycles. The van der Waals surface area contributed by atoms with Crippen LogP contribution >= 0.6 is 0 Å². The summed E-state index contributed by atoms with van der Waals surface area (Å²) < 4.78 is 15.4. The van der Waals surface area contributed by atoms with Crippen LogP contribution in [0.25, 0.3) is 6.08 Å². The average Bonchev–Trinajstić information content (AvgIpc) is 2.86. The average molecular weight is 555 g/mol. The van der Waals surface area contributed by atoms with Crippen LogP contribution in [0, 0.1) is 0 Å². The van der Waals surface area contributed by atoms with E-state index in [0.29, 0.717) is 5.69 Å². The maximum atomic E-state index is 13.4. The summed E-state index contributed by atoms with van der Waals surface area (Å²) in [4.78, 5) is 75.2. The van der Waals surface area contributed by atoms with Gasteiger partial charge in [0.05, 0.1) is 0 Å². The van der Waals surface area contributed by atoms with Gasteiger partial charge in [-0.1, -0.05) is 24.3 Å². The van der Waals surface area contributed by atoms with Gasteiger partial charge in [0.15, 0.2) is 17.0 Å². The van der Waals surface area contributed by atoms with Gasteiger partial charge < -0.3 is 30.4 Å². The third-order valence-corrected chi connectivity index (χ3v) is 5.58. The van der Waals surface area contributed by atoms with Crippen molar-refractivity contribution in [1.82, 2.24) is 10.2 Å². The Bertz CT molecular complexity index is 1370. The number of amides is 4. The van der Waals surface area contributed by atoms with Crippen LogP contribution in [-0.2, 0) is 19.2 Å². The molecular formula is C26H26N4O10. The number of ether oxygens (including phenoxy) is 3. The van der Waals surface area contributed by atoms with E-state index in [1.807, 2.05) is 0 Å². The molecule has 14 nitrogen and oxygen atoms in total. The molecule has 0 aromatic heterocycles. The summed E-state index contributed by atoms with van der Waals surface area (Å²) in [5.74, 6) is -4.35. The number of nitrogens with zero attached hydrogens (tertiary/aromatic N) is 2. The van der Waals surface area contributed by atoms with Gasteiger partial charge in [-0.3, -0.25) is 29.0 Å². The van der Waals surface area contributed by atoms with E-state index in [1.165, 1.54) is 25.3 Å². The molecular weight excluding hydrogens is 528 g/mol. The van der Waals surface area contributed by atoms with Crippen molar-refractivity contribution in [1.29, 1.82) is 0 Å². The van der Waals surface area contributed by atoms with Crippen molar-refractivity contribution in [2.75, 3.05) is 11.9 Å². The fourth-order valence-electron chi connectivity index (χ4n) is 3.98. The minimum atomic E-state index is -2.21. The minimum Gasteiger partial charge on any atom is -0.465 e. The lowest BCUT2D eigenvalue weighted by molar-refractivity contribution is -0.135. The zero-order chi connectivity index (χ0) is 29.8. The molecule has 2 aromatic carbocycles. The number of hydrogen-bond acceptors (Lipinski definition) is 10. The molecule has 2 aromatic rings. The van der Waals surface area contributed by atoms with Crippen LogP contribution in [-0.4, -0.2) is 64.7 Å². The molecule has 2 atom stereocenters. The lowest BCUT2D eigenvalue weighted by atomic mass is 9.89. The number of hydrogen-bond donors (Lipinski definition) is 3. The summed E-state index contributed by atoms with van der Waals surface area (Å²) in [5.41, 5.74) is 4.60. The highest BCUT2D eigenvalue weighted by atomic mass is 16.6. The maximum Gasteiger partial charge on any atom is 0.405 e. The van der Waals surface area contributed by atoms with Crippen molar-refractivity contribution in [3.63, 3.8) is 0 Å². The molecule has 1 aliphatic rings. The molecule has 4 N–H and O–H groups in total. The number of rotatable bonds is 7. The Kier molecular flexibility index (Phi) is 8.54. The lowest BCUT2D eigenvalue weighted by Crippen LogP contribution is -2.78. The number of carbonyl (C=O) groups is 6. The van der Waals surface area contributed by atoms with E-state index in [1.54, 1.807) is 30.3 Å². The highest BCUT2D eigenvalue weighted by Crippen LogP contribution is 2.40. The van der Waals surface area contributed by atoms with Crippen molar-refractivity contribution in [3.05, 3.63) is 54.1 Å². The zero-order valence-corrected chi connectivity index (χ0v) is 21.9. The summed E-state index contributed by atoms with van der Waals surface area (Å²) >= 11 is 0. The Hall–Kier alpha value is -5.24. The topological polar surface area (TPSA) is 195 Å². The van der Waals surface area contributed by atoms with Crippen molar-refractivity contribution >= 4 is 47.7 Å². The third-order valence-electron chi connectivity index (χ3n) is 5.58. The number of benzene rings is 2. The lowest BCUT2D eigenvalue weighted by Gasteiger charge is -2.47. The summed E-state index contributed by atoms with van der Waals surface area (Å²) in [6.45, 7) is 3.25. The van der Waals surface area contributed by atoms with Gasteiger partial charge >= 0.3 is 30.0 Å². The van der Waals surface area contributed by atoms with Gasteiger partial charge in [-0.2, -0.15) is 0 Å². The first-order valence-electron chi connectivity index (χ1n) is 11.6. The van der Waals surface area contributed by atoms with E-state index < -0.39 is 47.6 Å². The summed E-state index contributed by atoms with van der Waals surface area (Å²) in [5, 5.41) is 11.8. The second kappa shape index (κ2) is 11.7. The van der Waals surface area contributed by atoms with Gasteiger partial charge in [-0.25, -0.2) is 9.59 Å². The number of anilines is 1. The predicted molar refractivity (Wildman–Crippen MR) is 138 cm³/mol. The van der Waals surface area contributed by atoms with Crippen LogP contribution < -0.4 is 30.2 Å². The molecule has 0 spiro atoms. The van der Waals surface area contributed by atoms with E-state index in [2.05, 4.69) is 5.32 Å². The first-order valence-corrected chi connectivity index (χ1v) is 11.6. The number of carbonyl (C=O) groups excluding carboxylic acids is 5. The number of nitrogens with one attached hydrogen (secondary N) is 1. The third kappa shape index (κ3) is 6.07. The van der Waals surface area contributed by atoms with E-state index in [4.69, 9.17) is 19.9 Å². The fourth-order valence-corrected chi connectivity index (χ4v) is 3.98. The number of nitrogens with two attached hydrogens (primary N) is 1. The van der Waals surface area contributed by atoms with Crippen molar-refractivity contribution in [2.45, 2.75) is 32.5 Å². The largest absolute Gasteiger partial charge is 0.465 e. The number of imide groups is 1. The molecule has 0 radical (unpaired) electrons. The number of likely N-dealkylation sites (N-methyl/N-ethyl adjacent to an activating group) is 1. The maximum absolute atomic E-state index is 13.4. The van der Waals surface area contributed by atoms with Crippen LogP contribution in [0.5, 0.6) is 17.2 Å². The quantitative estimate of drug-likeness (QED) is 0.334. The molecule has 210 valence electrons. The second-order valence-electron chi connectivity index (χ2n) is 8.56. The number of esters is 3. The van der Waals surface area contributed by atoms with E-state index in [0.717, 1.165) is 36.6 Å². The summed E-state index contributed by atoms with van der Waals surface area (Å²) in [6.07, 6.45) is -0.823. The molecule has 40 heavy (non-hydrogen) atoms. The second-order valence-corrected chi connectivity index (χ2v) is 8.56.